The average molecular weight is 267 g/mol. The summed E-state index contributed by atoms with van der Waals surface area (Å²) < 4.78 is 0. The van der Waals surface area contributed by atoms with E-state index >= 15 is 0 Å². The van der Waals surface area contributed by atoms with Gasteiger partial charge in [-0.1, -0.05) is 0 Å². The number of rotatable bonds is 4. The number of likely N-dealkylation sites (tertiary alicyclic amines) is 1. The molecule has 0 radical (unpaired) electrons. The normalized spacial score (nSPS) is 22.7. The summed E-state index contributed by atoms with van der Waals surface area (Å²) in [6.45, 7) is 2.46. The lowest BCUT2D eigenvalue weighted by Gasteiger charge is -2.37. The summed E-state index contributed by atoms with van der Waals surface area (Å²) in [4.78, 5) is 14.1. The number of nitrogens with zero attached hydrogens (tertiary/aromatic N) is 1. The molecule has 0 aromatic carbocycles. The molecule has 2 atom stereocenters. The fraction of sp³-hybridized carbons (Fsp3) is 0.615. The average Bonchev–Trinajstić information content (AvgIpc) is 2.93. The summed E-state index contributed by atoms with van der Waals surface area (Å²) >= 11 is 1.70. The summed E-state index contributed by atoms with van der Waals surface area (Å²) in [7, 11) is 1.71. The zero-order chi connectivity index (χ0) is 13.0. The molecular weight excluding hydrogens is 246 g/mol. The zero-order valence-electron chi connectivity index (χ0n) is 10.8. The van der Waals surface area contributed by atoms with E-state index < -0.39 is 0 Å². The molecule has 0 aliphatic carbocycles. The van der Waals surface area contributed by atoms with Crippen LogP contribution in [0.4, 0.5) is 0 Å². The quantitative estimate of drug-likeness (QED) is 0.862. The number of carbonyl (C=O) groups is 1. The van der Waals surface area contributed by atoms with Crippen molar-refractivity contribution in [3.63, 3.8) is 0 Å². The molecule has 1 aromatic rings. The molecule has 0 spiro atoms. The molecule has 5 heteroatoms. The largest absolute Gasteiger partial charge is 0.359 e. The van der Waals surface area contributed by atoms with Crippen LogP contribution in [0.3, 0.4) is 0 Å². The van der Waals surface area contributed by atoms with Gasteiger partial charge >= 0.3 is 0 Å². The third-order valence-electron chi connectivity index (χ3n) is 3.66. The molecule has 0 saturated carbocycles. The van der Waals surface area contributed by atoms with Crippen molar-refractivity contribution in [3.8, 4) is 0 Å². The SMILES string of the molecule is CNC(=O)C1CCCN(C(CN)c2ccsc2)C1. The van der Waals surface area contributed by atoms with Gasteiger partial charge in [0.15, 0.2) is 0 Å². The third-order valence-corrected chi connectivity index (χ3v) is 4.36. The molecule has 2 rings (SSSR count). The van der Waals surface area contributed by atoms with Crippen LogP contribution in [-0.4, -0.2) is 37.5 Å². The lowest BCUT2D eigenvalue weighted by molar-refractivity contribution is -0.126. The molecule has 3 N–H and O–H groups in total. The first-order valence-electron chi connectivity index (χ1n) is 6.44. The molecule has 1 saturated heterocycles. The highest BCUT2D eigenvalue weighted by Gasteiger charge is 2.29. The summed E-state index contributed by atoms with van der Waals surface area (Å²) in [6.07, 6.45) is 2.05. The molecule has 1 amide bonds. The van der Waals surface area contributed by atoms with Gasteiger partial charge < -0.3 is 11.1 Å². The highest BCUT2D eigenvalue weighted by atomic mass is 32.1. The Morgan fingerprint density at radius 1 is 1.72 bits per heavy atom. The van der Waals surface area contributed by atoms with Gasteiger partial charge in [0, 0.05) is 26.2 Å². The monoisotopic (exact) mass is 267 g/mol. The summed E-state index contributed by atoms with van der Waals surface area (Å²) in [5.74, 6) is 0.261. The van der Waals surface area contributed by atoms with Gasteiger partial charge in [0.25, 0.3) is 0 Å². The van der Waals surface area contributed by atoms with Crippen molar-refractivity contribution < 1.29 is 4.79 Å². The summed E-state index contributed by atoms with van der Waals surface area (Å²) in [6, 6.07) is 2.38. The van der Waals surface area contributed by atoms with Gasteiger partial charge in [0.1, 0.15) is 0 Å². The molecule has 2 unspecified atom stereocenters. The van der Waals surface area contributed by atoms with Crippen molar-refractivity contribution in [2.75, 3.05) is 26.7 Å². The minimum atomic E-state index is 0.108. The maximum Gasteiger partial charge on any atom is 0.224 e. The van der Waals surface area contributed by atoms with Crippen molar-refractivity contribution in [2.24, 2.45) is 11.7 Å². The van der Waals surface area contributed by atoms with E-state index in [0.29, 0.717) is 6.54 Å². The molecule has 1 aromatic heterocycles. The second-order valence-electron chi connectivity index (χ2n) is 4.76. The van der Waals surface area contributed by atoms with Crippen LogP contribution in [0.25, 0.3) is 0 Å². The van der Waals surface area contributed by atoms with E-state index in [4.69, 9.17) is 5.73 Å². The van der Waals surface area contributed by atoms with Crippen LogP contribution in [0.1, 0.15) is 24.4 Å². The van der Waals surface area contributed by atoms with Gasteiger partial charge in [-0.2, -0.15) is 11.3 Å². The predicted molar refractivity (Wildman–Crippen MR) is 74.5 cm³/mol. The van der Waals surface area contributed by atoms with Gasteiger partial charge in [0.2, 0.25) is 5.91 Å². The van der Waals surface area contributed by atoms with Gasteiger partial charge in [-0.05, 0) is 41.8 Å². The second-order valence-corrected chi connectivity index (χ2v) is 5.54. The second kappa shape index (κ2) is 6.31. The number of piperidine rings is 1. The Labute approximate surface area is 112 Å². The molecule has 100 valence electrons. The summed E-state index contributed by atoms with van der Waals surface area (Å²) in [5.41, 5.74) is 7.19. The Morgan fingerprint density at radius 2 is 2.56 bits per heavy atom. The fourth-order valence-electron chi connectivity index (χ4n) is 2.67. The van der Waals surface area contributed by atoms with E-state index in [-0.39, 0.29) is 17.9 Å². The number of nitrogens with one attached hydrogen (secondary N) is 1. The Kier molecular flexibility index (Phi) is 4.74. The highest BCUT2D eigenvalue weighted by molar-refractivity contribution is 7.07. The molecule has 2 heterocycles. The summed E-state index contributed by atoms with van der Waals surface area (Å²) in [5, 5.41) is 6.99. The Morgan fingerprint density at radius 3 is 3.17 bits per heavy atom. The van der Waals surface area contributed by atoms with Crippen molar-refractivity contribution in [2.45, 2.75) is 18.9 Å². The van der Waals surface area contributed by atoms with E-state index in [1.54, 1.807) is 18.4 Å². The minimum Gasteiger partial charge on any atom is -0.359 e. The topological polar surface area (TPSA) is 58.4 Å². The number of carbonyl (C=O) groups excluding carboxylic acids is 1. The number of amides is 1. The molecular formula is C13H21N3OS. The maximum atomic E-state index is 11.7. The van der Waals surface area contributed by atoms with E-state index in [1.807, 2.05) is 0 Å². The van der Waals surface area contributed by atoms with Gasteiger partial charge in [-0.15, -0.1) is 0 Å². The van der Waals surface area contributed by atoms with Gasteiger partial charge in [-0.3, -0.25) is 9.69 Å². The zero-order valence-corrected chi connectivity index (χ0v) is 11.6. The molecule has 18 heavy (non-hydrogen) atoms. The Hall–Kier alpha value is -0.910. The number of thiophene rings is 1. The number of hydrogen-bond donors (Lipinski definition) is 2. The fourth-order valence-corrected chi connectivity index (χ4v) is 3.38. The van der Waals surface area contributed by atoms with E-state index in [9.17, 15) is 4.79 Å². The van der Waals surface area contributed by atoms with Crippen LogP contribution >= 0.6 is 11.3 Å². The van der Waals surface area contributed by atoms with Crippen LogP contribution in [0, 0.1) is 5.92 Å². The molecule has 1 aliphatic rings. The third kappa shape index (κ3) is 2.91. The first-order valence-corrected chi connectivity index (χ1v) is 7.38. The standard InChI is InChI=1S/C13H21N3OS/c1-15-13(17)10-3-2-5-16(8-10)12(7-14)11-4-6-18-9-11/h4,6,9-10,12H,2-3,5,7-8,14H2,1H3,(H,15,17). The first kappa shape index (κ1) is 13.5. The van der Waals surface area contributed by atoms with Crippen LogP contribution in [0.15, 0.2) is 16.8 Å². The van der Waals surface area contributed by atoms with Crippen LogP contribution in [-0.2, 0) is 4.79 Å². The van der Waals surface area contributed by atoms with E-state index in [2.05, 4.69) is 27.0 Å². The van der Waals surface area contributed by atoms with Crippen LogP contribution in [0.2, 0.25) is 0 Å². The molecule has 0 bridgehead atoms. The Bertz CT molecular complexity index is 380. The van der Waals surface area contributed by atoms with Crippen molar-refractivity contribution in [3.05, 3.63) is 22.4 Å². The molecule has 4 nitrogen and oxygen atoms in total. The van der Waals surface area contributed by atoms with Gasteiger partial charge in [0.05, 0.1) is 5.92 Å². The Balaban J connectivity index is 2.05. The lowest BCUT2D eigenvalue weighted by Crippen LogP contribution is -2.45. The van der Waals surface area contributed by atoms with Crippen molar-refractivity contribution >= 4 is 17.2 Å². The van der Waals surface area contributed by atoms with Crippen molar-refractivity contribution in [1.82, 2.24) is 10.2 Å². The van der Waals surface area contributed by atoms with Crippen molar-refractivity contribution in [1.29, 1.82) is 0 Å². The minimum absolute atomic E-state index is 0.108. The lowest BCUT2D eigenvalue weighted by atomic mass is 9.94. The molecule has 1 aliphatic heterocycles. The predicted octanol–water partition coefficient (Wildman–Crippen LogP) is 1.21. The van der Waals surface area contributed by atoms with Crippen LogP contribution in [0.5, 0.6) is 0 Å². The first-order chi connectivity index (χ1) is 8.76. The van der Waals surface area contributed by atoms with E-state index in [1.165, 1.54) is 5.56 Å². The van der Waals surface area contributed by atoms with E-state index in [0.717, 1.165) is 25.9 Å². The molecule has 1 fully saturated rings. The highest BCUT2D eigenvalue weighted by Crippen LogP contribution is 2.27. The van der Waals surface area contributed by atoms with Crippen LogP contribution < -0.4 is 11.1 Å². The maximum absolute atomic E-state index is 11.7. The number of nitrogens with two attached hydrogens (primary N) is 1. The smallest absolute Gasteiger partial charge is 0.224 e. The number of hydrogen-bond acceptors (Lipinski definition) is 4. The van der Waals surface area contributed by atoms with Gasteiger partial charge in [-0.25, -0.2) is 0 Å².